The number of nitrogens with one attached hydrogen (secondary N) is 2. The molecule has 0 radical (unpaired) electrons. The van der Waals surface area contributed by atoms with Gasteiger partial charge < -0.3 is 10.6 Å². The summed E-state index contributed by atoms with van der Waals surface area (Å²) < 4.78 is 0. The molecular formula is C17H15N3O2. The summed E-state index contributed by atoms with van der Waals surface area (Å²) in [7, 11) is 0. The Kier molecular flexibility index (Phi) is 4.89. The Bertz CT molecular complexity index is 730. The van der Waals surface area contributed by atoms with E-state index in [4.69, 9.17) is 5.26 Å². The van der Waals surface area contributed by atoms with Crippen LogP contribution >= 0.6 is 0 Å². The van der Waals surface area contributed by atoms with E-state index < -0.39 is 0 Å². The summed E-state index contributed by atoms with van der Waals surface area (Å²) in [4.78, 5) is 23.8. The minimum absolute atomic E-state index is 0.118. The number of hydrogen-bond donors (Lipinski definition) is 2. The maximum Gasteiger partial charge on any atom is 0.251 e. The van der Waals surface area contributed by atoms with E-state index >= 15 is 0 Å². The van der Waals surface area contributed by atoms with E-state index in [2.05, 4.69) is 10.6 Å². The Labute approximate surface area is 128 Å². The predicted molar refractivity (Wildman–Crippen MR) is 83.3 cm³/mol. The molecule has 110 valence electrons. The quantitative estimate of drug-likeness (QED) is 0.907. The lowest BCUT2D eigenvalue weighted by molar-refractivity contribution is -0.115. The van der Waals surface area contributed by atoms with Crippen LogP contribution in [0, 0.1) is 18.3 Å². The molecule has 0 bridgehead atoms. The number of benzene rings is 2. The summed E-state index contributed by atoms with van der Waals surface area (Å²) in [6, 6.07) is 15.7. The molecule has 0 heterocycles. The van der Waals surface area contributed by atoms with Gasteiger partial charge in [0.1, 0.15) is 0 Å². The Morgan fingerprint density at radius 3 is 2.41 bits per heavy atom. The highest BCUT2D eigenvalue weighted by Gasteiger charge is 2.10. The summed E-state index contributed by atoms with van der Waals surface area (Å²) in [5, 5.41) is 13.9. The largest absolute Gasteiger partial charge is 0.343 e. The Morgan fingerprint density at radius 1 is 1.09 bits per heavy atom. The maximum absolute atomic E-state index is 12.0. The predicted octanol–water partition coefficient (Wildman–Crippen LogP) is 2.24. The van der Waals surface area contributed by atoms with Gasteiger partial charge in [-0.15, -0.1) is 0 Å². The van der Waals surface area contributed by atoms with Gasteiger partial charge in [0.2, 0.25) is 5.91 Å². The lowest BCUT2D eigenvalue weighted by Gasteiger charge is -2.08. The van der Waals surface area contributed by atoms with Crippen LogP contribution in [-0.4, -0.2) is 18.4 Å². The third-order valence-corrected chi connectivity index (χ3v) is 3.10. The maximum atomic E-state index is 12.0. The SMILES string of the molecule is Cc1ccccc1C(=O)NCC(=O)Nc1ccc(C#N)cc1. The van der Waals surface area contributed by atoms with Gasteiger partial charge in [-0.25, -0.2) is 0 Å². The second-order valence-electron chi connectivity index (χ2n) is 4.73. The highest BCUT2D eigenvalue weighted by molar-refractivity contribution is 6.00. The Morgan fingerprint density at radius 2 is 1.77 bits per heavy atom. The number of anilines is 1. The fraction of sp³-hybridized carbons (Fsp3) is 0.118. The van der Waals surface area contributed by atoms with Crippen LogP contribution in [0.3, 0.4) is 0 Å². The molecule has 0 aliphatic rings. The lowest BCUT2D eigenvalue weighted by atomic mass is 10.1. The van der Waals surface area contributed by atoms with Gasteiger partial charge in [-0.05, 0) is 42.8 Å². The molecule has 2 rings (SSSR count). The van der Waals surface area contributed by atoms with Crippen molar-refractivity contribution in [3.05, 3.63) is 65.2 Å². The van der Waals surface area contributed by atoms with Crippen LogP contribution in [0.25, 0.3) is 0 Å². The summed E-state index contributed by atoms with van der Waals surface area (Å²) >= 11 is 0. The molecule has 2 N–H and O–H groups in total. The van der Waals surface area contributed by atoms with Crippen LogP contribution in [-0.2, 0) is 4.79 Å². The Hall–Kier alpha value is -3.13. The third kappa shape index (κ3) is 3.93. The van der Waals surface area contributed by atoms with Crippen molar-refractivity contribution in [2.45, 2.75) is 6.92 Å². The molecule has 0 saturated heterocycles. The highest BCUT2D eigenvalue weighted by Crippen LogP contribution is 2.09. The van der Waals surface area contributed by atoms with Crippen LogP contribution in [0.1, 0.15) is 21.5 Å². The number of nitriles is 1. The topological polar surface area (TPSA) is 82.0 Å². The molecule has 2 aromatic rings. The van der Waals surface area contributed by atoms with Crippen molar-refractivity contribution in [1.82, 2.24) is 5.32 Å². The van der Waals surface area contributed by atoms with E-state index in [1.165, 1.54) is 0 Å². The first-order chi connectivity index (χ1) is 10.6. The molecule has 0 aliphatic carbocycles. The molecule has 0 fully saturated rings. The number of nitrogens with zero attached hydrogens (tertiary/aromatic N) is 1. The zero-order valence-electron chi connectivity index (χ0n) is 12.1. The van der Waals surface area contributed by atoms with Crippen molar-refractivity contribution < 1.29 is 9.59 Å². The van der Waals surface area contributed by atoms with E-state index in [-0.39, 0.29) is 18.4 Å². The van der Waals surface area contributed by atoms with E-state index in [9.17, 15) is 9.59 Å². The monoisotopic (exact) mass is 293 g/mol. The van der Waals surface area contributed by atoms with Gasteiger partial charge in [0.05, 0.1) is 18.2 Å². The van der Waals surface area contributed by atoms with Crippen molar-refractivity contribution in [2.24, 2.45) is 0 Å². The van der Waals surface area contributed by atoms with Gasteiger partial charge in [0.15, 0.2) is 0 Å². The zero-order valence-corrected chi connectivity index (χ0v) is 12.1. The second-order valence-corrected chi connectivity index (χ2v) is 4.73. The minimum atomic E-state index is -0.327. The molecule has 2 aromatic carbocycles. The molecule has 0 aliphatic heterocycles. The lowest BCUT2D eigenvalue weighted by Crippen LogP contribution is -2.33. The number of carbonyl (C=O) groups is 2. The van der Waals surface area contributed by atoms with E-state index in [1.807, 2.05) is 25.1 Å². The normalized spacial score (nSPS) is 9.64. The first-order valence-electron chi connectivity index (χ1n) is 6.74. The first-order valence-corrected chi connectivity index (χ1v) is 6.74. The van der Waals surface area contributed by atoms with Gasteiger partial charge in [0.25, 0.3) is 5.91 Å². The van der Waals surface area contributed by atoms with E-state index in [0.29, 0.717) is 16.8 Å². The van der Waals surface area contributed by atoms with E-state index in [0.717, 1.165) is 5.56 Å². The van der Waals surface area contributed by atoms with Crippen molar-refractivity contribution in [2.75, 3.05) is 11.9 Å². The fourth-order valence-corrected chi connectivity index (χ4v) is 1.92. The van der Waals surface area contributed by atoms with Crippen LogP contribution in [0.2, 0.25) is 0 Å². The zero-order chi connectivity index (χ0) is 15.9. The molecule has 0 unspecified atom stereocenters. The van der Waals surface area contributed by atoms with Crippen molar-refractivity contribution in [3.8, 4) is 6.07 Å². The summed E-state index contributed by atoms with van der Waals surface area (Å²) in [5.41, 5.74) is 2.50. The van der Waals surface area contributed by atoms with Crippen molar-refractivity contribution in [1.29, 1.82) is 5.26 Å². The summed E-state index contributed by atoms with van der Waals surface area (Å²) in [5.74, 6) is -0.611. The molecular weight excluding hydrogens is 278 g/mol. The molecule has 0 atom stereocenters. The molecule has 0 aromatic heterocycles. The average molecular weight is 293 g/mol. The molecule has 2 amide bonds. The summed E-state index contributed by atoms with van der Waals surface area (Å²) in [6.07, 6.45) is 0. The van der Waals surface area contributed by atoms with Crippen LogP contribution in [0.4, 0.5) is 5.69 Å². The average Bonchev–Trinajstić information content (AvgIpc) is 2.54. The fourth-order valence-electron chi connectivity index (χ4n) is 1.92. The second kappa shape index (κ2) is 7.04. The molecule has 22 heavy (non-hydrogen) atoms. The standard InChI is InChI=1S/C17H15N3O2/c1-12-4-2-3-5-15(12)17(22)19-11-16(21)20-14-8-6-13(10-18)7-9-14/h2-9H,11H2,1H3,(H,19,22)(H,20,21). The van der Waals surface area contributed by atoms with Crippen molar-refractivity contribution >= 4 is 17.5 Å². The van der Waals surface area contributed by atoms with Gasteiger partial charge in [-0.2, -0.15) is 5.26 Å². The number of amides is 2. The smallest absolute Gasteiger partial charge is 0.251 e. The summed E-state index contributed by atoms with van der Waals surface area (Å²) in [6.45, 7) is 1.72. The van der Waals surface area contributed by atoms with Gasteiger partial charge in [0, 0.05) is 11.3 Å². The third-order valence-electron chi connectivity index (χ3n) is 3.10. The number of aryl methyl sites for hydroxylation is 1. The van der Waals surface area contributed by atoms with Crippen molar-refractivity contribution in [3.63, 3.8) is 0 Å². The minimum Gasteiger partial charge on any atom is -0.343 e. The molecule has 0 saturated carbocycles. The molecule has 0 spiro atoms. The number of rotatable bonds is 4. The molecule has 5 heteroatoms. The van der Waals surface area contributed by atoms with E-state index in [1.54, 1.807) is 36.4 Å². The van der Waals surface area contributed by atoms with Crippen LogP contribution in [0.5, 0.6) is 0 Å². The highest BCUT2D eigenvalue weighted by atomic mass is 16.2. The Balaban J connectivity index is 1.89. The van der Waals surface area contributed by atoms with Gasteiger partial charge in [-0.1, -0.05) is 18.2 Å². The molecule has 5 nitrogen and oxygen atoms in total. The van der Waals surface area contributed by atoms with Crippen LogP contribution in [0.15, 0.2) is 48.5 Å². The number of carbonyl (C=O) groups excluding carboxylic acids is 2. The van der Waals surface area contributed by atoms with Crippen LogP contribution < -0.4 is 10.6 Å². The number of hydrogen-bond acceptors (Lipinski definition) is 3. The van der Waals surface area contributed by atoms with Gasteiger partial charge >= 0.3 is 0 Å². The van der Waals surface area contributed by atoms with Gasteiger partial charge in [-0.3, -0.25) is 9.59 Å². The first kappa shape index (κ1) is 15.3.